The quantitative estimate of drug-likeness (QED) is 0.565. The van der Waals surface area contributed by atoms with Gasteiger partial charge in [-0.25, -0.2) is 0 Å². The van der Waals surface area contributed by atoms with E-state index in [1.165, 1.54) is 37.7 Å². The summed E-state index contributed by atoms with van der Waals surface area (Å²) in [7, 11) is 0. The van der Waals surface area contributed by atoms with E-state index in [2.05, 4.69) is 62.4 Å². The third-order valence-corrected chi connectivity index (χ3v) is 5.61. The molecule has 1 aliphatic rings. The minimum absolute atomic E-state index is 0.233. The lowest BCUT2D eigenvalue weighted by Crippen LogP contribution is -2.38. The largest absolute Gasteiger partial charge is 0.271 e. The standard InChI is InChI=1S/C15H22Br2N2/c1-2-10-5-3-4-6-12(10)15(19-18)13-9-11(16)7-8-14(13)17/h7-10,12,15,19H,2-6,18H2,1H3. The first-order valence-corrected chi connectivity index (χ1v) is 8.67. The summed E-state index contributed by atoms with van der Waals surface area (Å²) in [6.07, 6.45) is 6.54. The molecule has 1 aliphatic carbocycles. The van der Waals surface area contributed by atoms with Crippen LogP contribution in [0.15, 0.2) is 27.1 Å². The molecule has 0 heterocycles. The first-order chi connectivity index (χ1) is 9.17. The Balaban J connectivity index is 2.29. The van der Waals surface area contributed by atoms with Gasteiger partial charge >= 0.3 is 0 Å². The van der Waals surface area contributed by atoms with Gasteiger partial charge in [0.1, 0.15) is 0 Å². The molecule has 0 saturated heterocycles. The van der Waals surface area contributed by atoms with E-state index in [9.17, 15) is 0 Å². The Kier molecular flexibility index (Phi) is 5.87. The molecule has 3 unspecified atom stereocenters. The smallest absolute Gasteiger partial charge is 0.0502 e. The van der Waals surface area contributed by atoms with E-state index in [4.69, 9.17) is 5.84 Å². The predicted octanol–water partition coefficient (Wildman–Crippen LogP) is 4.93. The Labute approximate surface area is 132 Å². The van der Waals surface area contributed by atoms with Crippen molar-refractivity contribution in [3.05, 3.63) is 32.7 Å². The van der Waals surface area contributed by atoms with Gasteiger partial charge in [0.05, 0.1) is 6.04 Å². The van der Waals surface area contributed by atoms with E-state index < -0.39 is 0 Å². The summed E-state index contributed by atoms with van der Waals surface area (Å²) in [6.45, 7) is 2.30. The first kappa shape index (κ1) is 15.5. The summed E-state index contributed by atoms with van der Waals surface area (Å²) >= 11 is 7.22. The number of halogens is 2. The fourth-order valence-corrected chi connectivity index (χ4v) is 4.25. The topological polar surface area (TPSA) is 38.0 Å². The summed E-state index contributed by atoms with van der Waals surface area (Å²) < 4.78 is 2.24. The molecule has 1 saturated carbocycles. The molecule has 0 aromatic heterocycles. The van der Waals surface area contributed by atoms with Gasteiger partial charge in [-0.2, -0.15) is 0 Å². The molecule has 1 aromatic carbocycles. The van der Waals surface area contributed by atoms with Crippen molar-refractivity contribution in [1.29, 1.82) is 0 Å². The average molecular weight is 390 g/mol. The maximum Gasteiger partial charge on any atom is 0.0502 e. The zero-order valence-corrected chi connectivity index (χ0v) is 14.5. The van der Waals surface area contributed by atoms with E-state index in [1.807, 2.05) is 0 Å². The Morgan fingerprint density at radius 3 is 2.74 bits per heavy atom. The third kappa shape index (κ3) is 3.60. The fraction of sp³-hybridized carbons (Fsp3) is 0.600. The lowest BCUT2D eigenvalue weighted by atomic mass is 9.72. The summed E-state index contributed by atoms with van der Waals surface area (Å²) in [5.74, 6) is 7.30. The molecular weight excluding hydrogens is 368 g/mol. The average Bonchev–Trinajstić information content (AvgIpc) is 2.44. The van der Waals surface area contributed by atoms with Crippen LogP contribution in [0.5, 0.6) is 0 Å². The number of hydrogen-bond acceptors (Lipinski definition) is 2. The molecule has 0 radical (unpaired) electrons. The normalized spacial score (nSPS) is 25.3. The van der Waals surface area contributed by atoms with Crippen molar-refractivity contribution in [2.75, 3.05) is 0 Å². The number of hydrazine groups is 1. The maximum absolute atomic E-state index is 5.89. The van der Waals surface area contributed by atoms with Crippen LogP contribution in [0, 0.1) is 11.8 Å². The van der Waals surface area contributed by atoms with Gasteiger partial charge in [-0.3, -0.25) is 11.3 Å². The van der Waals surface area contributed by atoms with Crippen molar-refractivity contribution in [2.24, 2.45) is 17.7 Å². The van der Waals surface area contributed by atoms with Crippen LogP contribution >= 0.6 is 31.9 Å². The molecule has 19 heavy (non-hydrogen) atoms. The van der Waals surface area contributed by atoms with E-state index >= 15 is 0 Å². The molecule has 3 atom stereocenters. The monoisotopic (exact) mass is 388 g/mol. The van der Waals surface area contributed by atoms with Gasteiger partial charge < -0.3 is 0 Å². The minimum Gasteiger partial charge on any atom is -0.271 e. The summed E-state index contributed by atoms with van der Waals surface area (Å²) in [5, 5.41) is 0. The Morgan fingerprint density at radius 1 is 1.32 bits per heavy atom. The number of nitrogens with one attached hydrogen (secondary N) is 1. The van der Waals surface area contributed by atoms with Gasteiger partial charge in [0.25, 0.3) is 0 Å². The maximum atomic E-state index is 5.89. The zero-order valence-electron chi connectivity index (χ0n) is 11.3. The third-order valence-electron chi connectivity index (χ3n) is 4.39. The Bertz CT molecular complexity index is 423. The van der Waals surface area contributed by atoms with Crippen molar-refractivity contribution < 1.29 is 0 Å². The molecule has 0 bridgehead atoms. The molecule has 2 rings (SSSR count). The number of hydrogen-bond donors (Lipinski definition) is 2. The fourth-order valence-electron chi connectivity index (χ4n) is 3.38. The second-order valence-electron chi connectivity index (χ2n) is 5.43. The number of nitrogens with two attached hydrogens (primary N) is 1. The molecule has 1 aromatic rings. The minimum atomic E-state index is 0.233. The van der Waals surface area contributed by atoms with Crippen molar-refractivity contribution in [3.8, 4) is 0 Å². The van der Waals surface area contributed by atoms with Crippen LogP contribution in [0.25, 0.3) is 0 Å². The van der Waals surface area contributed by atoms with Crippen LogP contribution in [-0.4, -0.2) is 0 Å². The van der Waals surface area contributed by atoms with Gasteiger partial charge in [0.2, 0.25) is 0 Å². The van der Waals surface area contributed by atoms with Crippen LogP contribution in [-0.2, 0) is 0 Å². The number of benzene rings is 1. The second kappa shape index (κ2) is 7.21. The van der Waals surface area contributed by atoms with Gasteiger partial charge in [-0.1, -0.05) is 64.5 Å². The zero-order chi connectivity index (χ0) is 13.8. The molecule has 106 valence electrons. The van der Waals surface area contributed by atoms with E-state index in [-0.39, 0.29) is 6.04 Å². The van der Waals surface area contributed by atoms with E-state index in [1.54, 1.807) is 0 Å². The van der Waals surface area contributed by atoms with E-state index in [0.717, 1.165) is 14.9 Å². The lowest BCUT2D eigenvalue weighted by Gasteiger charge is -2.37. The predicted molar refractivity (Wildman–Crippen MR) is 87.6 cm³/mol. The Hall–Kier alpha value is 0.1000. The van der Waals surface area contributed by atoms with E-state index in [0.29, 0.717) is 5.92 Å². The molecular formula is C15H22Br2N2. The van der Waals surface area contributed by atoms with Gasteiger partial charge in [0.15, 0.2) is 0 Å². The van der Waals surface area contributed by atoms with Crippen LogP contribution in [0.2, 0.25) is 0 Å². The van der Waals surface area contributed by atoms with Crippen molar-refractivity contribution in [2.45, 2.75) is 45.1 Å². The van der Waals surface area contributed by atoms with Gasteiger partial charge in [-0.05, 0) is 42.0 Å². The molecule has 0 spiro atoms. The SMILES string of the molecule is CCC1CCCCC1C(NN)c1cc(Br)ccc1Br. The Morgan fingerprint density at radius 2 is 2.05 bits per heavy atom. The van der Waals surface area contributed by atoms with Gasteiger partial charge in [0, 0.05) is 8.95 Å². The number of rotatable bonds is 4. The van der Waals surface area contributed by atoms with Crippen LogP contribution in [0.4, 0.5) is 0 Å². The molecule has 0 amide bonds. The molecule has 4 heteroatoms. The van der Waals surface area contributed by atoms with Crippen LogP contribution in [0.3, 0.4) is 0 Å². The first-order valence-electron chi connectivity index (χ1n) is 7.08. The van der Waals surface area contributed by atoms with Crippen LogP contribution in [0.1, 0.15) is 50.6 Å². The highest BCUT2D eigenvalue weighted by molar-refractivity contribution is 9.11. The summed E-state index contributed by atoms with van der Waals surface area (Å²) in [4.78, 5) is 0. The highest BCUT2D eigenvalue weighted by atomic mass is 79.9. The highest BCUT2D eigenvalue weighted by Gasteiger charge is 2.32. The van der Waals surface area contributed by atoms with Crippen molar-refractivity contribution in [3.63, 3.8) is 0 Å². The second-order valence-corrected chi connectivity index (χ2v) is 7.20. The molecule has 3 N–H and O–H groups in total. The molecule has 1 fully saturated rings. The summed E-state index contributed by atoms with van der Waals surface area (Å²) in [5.41, 5.74) is 4.34. The molecule has 0 aliphatic heterocycles. The lowest BCUT2D eigenvalue weighted by molar-refractivity contribution is 0.175. The van der Waals surface area contributed by atoms with Crippen LogP contribution < -0.4 is 11.3 Å². The van der Waals surface area contributed by atoms with Crippen molar-refractivity contribution >= 4 is 31.9 Å². The van der Waals surface area contributed by atoms with Gasteiger partial charge in [-0.15, -0.1) is 0 Å². The van der Waals surface area contributed by atoms with Crippen molar-refractivity contribution in [1.82, 2.24) is 5.43 Å². The molecule has 2 nitrogen and oxygen atoms in total. The highest BCUT2D eigenvalue weighted by Crippen LogP contribution is 2.42. The summed E-state index contributed by atoms with van der Waals surface area (Å²) in [6, 6.07) is 6.56.